The maximum Gasteiger partial charge on any atom is 0.302 e. The van der Waals surface area contributed by atoms with Crippen molar-refractivity contribution in [1.29, 1.82) is 0 Å². The summed E-state index contributed by atoms with van der Waals surface area (Å²) < 4.78 is 5.60. The number of anilines is 2. The van der Waals surface area contributed by atoms with Crippen LogP contribution in [0.2, 0.25) is 0 Å². The molecule has 1 aromatic heterocycles. The van der Waals surface area contributed by atoms with Crippen LogP contribution in [-0.4, -0.2) is 46.5 Å². The van der Waals surface area contributed by atoms with Gasteiger partial charge >= 0.3 is 5.91 Å². The van der Waals surface area contributed by atoms with Crippen LogP contribution in [0.25, 0.3) is 16.8 Å². The molecule has 38 heavy (non-hydrogen) atoms. The number of ether oxygens (including phenoxy) is 1. The highest BCUT2D eigenvalue weighted by molar-refractivity contribution is 6.51. The number of imidazole rings is 1. The van der Waals surface area contributed by atoms with Crippen molar-refractivity contribution in [3.8, 4) is 5.75 Å². The Morgan fingerprint density at radius 1 is 1.08 bits per heavy atom. The number of H-pyrrole nitrogens is 1. The van der Waals surface area contributed by atoms with Crippen LogP contribution >= 0.6 is 0 Å². The molecule has 1 unspecified atom stereocenters. The Morgan fingerprint density at radius 3 is 2.58 bits per heavy atom. The van der Waals surface area contributed by atoms with Crippen LogP contribution in [0, 0.1) is 0 Å². The molecule has 0 bridgehead atoms. The van der Waals surface area contributed by atoms with Crippen molar-refractivity contribution >= 4 is 40.1 Å². The molecule has 0 aliphatic carbocycles. The second-order valence-electron chi connectivity index (χ2n) is 9.43. The number of benzene rings is 3. The molecule has 2 aliphatic rings. The van der Waals surface area contributed by atoms with Gasteiger partial charge in [-0.05, 0) is 67.4 Å². The van der Waals surface area contributed by atoms with E-state index in [2.05, 4.69) is 28.7 Å². The summed E-state index contributed by atoms with van der Waals surface area (Å²) in [4.78, 5) is 38.4. The van der Waals surface area contributed by atoms with E-state index in [1.807, 2.05) is 54.6 Å². The van der Waals surface area contributed by atoms with Gasteiger partial charge < -0.3 is 19.7 Å². The molecule has 0 radical (unpaired) electrons. The molecule has 2 aliphatic heterocycles. The molecule has 1 fully saturated rings. The van der Waals surface area contributed by atoms with Crippen LogP contribution in [0.15, 0.2) is 72.3 Å². The Kier molecular flexibility index (Phi) is 5.87. The van der Waals surface area contributed by atoms with Gasteiger partial charge in [-0.15, -0.1) is 0 Å². The average Bonchev–Trinajstić information content (AvgIpc) is 3.65. The molecule has 2 N–H and O–H groups in total. The van der Waals surface area contributed by atoms with E-state index in [0.717, 1.165) is 42.0 Å². The number of hydrogen-bond acceptors (Lipinski definition) is 6. The second-order valence-corrected chi connectivity index (χ2v) is 9.43. The summed E-state index contributed by atoms with van der Waals surface area (Å²) in [6.45, 7) is 6.48. The maximum absolute atomic E-state index is 13.5. The third kappa shape index (κ3) is 3.80. The smallest absolute Gasteiger partial charge is 0.302 e. The van der Waals surface area contributed by atoms with Gasteiger partial charge in [-0.25, -0.2) is 4.98 Å². The molecule has 8 nitrogen and oxygen atoms in total. The number of carbonyl (C=O) groups is 2. The van der Waals surface area contributed by atoms with Gasteiger partial charge in [-0.2, -0.15) is 0 Å². The summed E-state index contributed by atoms with van der Waals surface area (Å²) in [5, 5.41) is 11.5. The maximum atomic E-state index is 13.5. The van der Waals surface area contributed by atoms with Crippen LogP contribution in [0.5, 0.6) is 5.75 Å². The van der Waals surface area contributed by atoms with E-state index in [4.69, 9.17) is 4.74 Å². The predicted octanol–water partition coefficient (Wildman–Crippen LogP) is 4.97. The number of rotatable bonds is 6. The summed E-state index contributed by atoms with van der Waals surface area (Å²) >= 11 is 0. The molecule has 192 valence electrons. The van der Waals surface area contributed by atoms with Crippen molar-refractivity contribution in [3.05, 3.63) is 89.0 Å². The van der Waals surface area contributed by atoms with Crippen molar-refractivity contribution < 1.29 is 19.4 Å². The summed E-state index contributed by atoms with van der Waals surface area (Å²) in [6, 6.07) is 19.7. The van der Waals surface area contributed by atoms with Gasteiger partial charge in [0.1, 0.15) is 11.5 Å². The lowest BCUT2D eigenvalue weighted by Gasteiger charge is -2.25. The molecule has 1 amide bonds. The molecular weight excluding hydrogens is 480 g/mol. The SMILES string of the molecule is CCN(CC)c1ccc(C2/C(=C(\O)c3ccc4c(c3)CCO4)C(=O)C(=O)N2c2nc3ccccc3[nH]2)cc1. The minimum atomic E-state index is -0.856. The van der Waals surface area contributed by atoms with E-state index < -0.39 is 17.7 Å². The molecule has 8 heteroatoms. The van der Waals surface area contributed by atoms with Crippen LogP contribution in [0.3, 0.4) is 0 Å². The largest absolute Gasteiger partial charge is 0.507 e. The number of Topliss-reactive ketones (excluding diaryl/α,β-unsaturated/α-hetero) is 1. The Labute approximate surface area is 220 Å². The first kappa shape index (κ1) is 23.8. The van der Waals surface area contributed by atoms with Gasteiger partial charge in [0, 0.05) is 30.8 Å². The first-order valence-corrected chi connectivity index (χ1v) is 12.9. The van der Waals surface area contributed by atoms with Crippen LogP contribution in [-0.2, 0) is 16.0 Å². The second kappa shape index (κ2) is 9.37. The van der Waals surface area contributed by atoms with E-state index >= 15 is 0 Å². The summed E-state index contributed by atoms with van der Waals surface area (Å²) in [7, 11) is 0. The summed E-state index contributed by atoms with van der Waals surface area (Å²) in [5.74, 6) is -0.680. The number of aliphatic hydroxyl groups is 1. The molecule has 0 saturated carbocycles. The van der Waals surface area contributed by atoms with Crippen molar-refractivity contribution in [2.75, 3.05) is 29.5 Å². The van der Waals surface area contributed by atoms with Crippen LogP contribution in [0.4, 0.5) is 11.6 Å². The van der Waals surface area contributed by atoms with Crippen molar-refractivity contribution in [2.45, 2.75) is 26.3 Å². The number of nitrogens with zero attached hydrogens (tertiary/aromatic N) is 3. The molecular formula is C30H28N4O4. The van der Waals surface area contributed by atoms with E-state index in [1.54, 1.807) is 12.1 Å². The Hall–Kier alpha value is -4.59. The molecule has 0 spiro atoms. The van der Waals surface area contributed by atoms with Gasteiger partial charge in [0.05, 0.1) is 29.3 Å². The normalized spacial score (nSPS) is 18.2. The first-order valence-electron chi connectivity index (χ1n) is 12.9. The van der Waals surface area contributed by atoms with Crippen LogP contribution in [0.1, 0.15) is 36.6 Å². The third-order valence-electron chi connectivity index (χ3n) is 7.35. The lowest BCUT2D eigenvalue weighted by molar-refractivity contribution is -0.132. The Bertz CT molecular complexity index is 1550. The third-order valence-corrected chi connectivity index (χ3v) is 7.35. The lowest BCUT2D eigenvalue weighted by atomic mass is 9.94. The Balaban J connectivity index is 1.51. The number of aromatic nitrogens is 2. The number of hydrogen-bond donors (Lipinski definition) is 2. The van der Waals surface area contributed by atoms with E-state index in [1.165, 1.54) is 4.90 Å². The molecule has 3 heterocycles. The number of nitrogens with one attached hydrogen (secondary N) is 1. The van der Waals surface area contributed by atoms with E-state index in [0.29, 0.717) is 23.3 Å². The minimum absolute atomic E-state index is 0.0323. The predicted molar refractivity (Wildman–Crippen MR) is 147 cm³/mol. The van der Waals surface area contributed by atoms with Crippen molar-refractivity contribution in [2.24, 2.45) is 0 Å². The first-order chi connectivity index (χ1) is 18.5. The number of para-hydroxylation sites is 2. The van der Waals surface area contributed by atoms with Gasteiger partial charge in [-0.3, -0.25) is 14.5 Å². The number of aromatic amines is 1. The fourth-order valence-corrected chi connectivity index (χ4v) is 5.37. The topological polar surface area (TPSA) is 98.8 Å². The van der Waals surface area contributed by atoms with E-state index in [-0.39, 0.29) is 17.3 Å². The highest BCUT2D eigenvalue weighted by atomic mass is 16.5. The van der Waals surface area contributed by atoms with Gasteiger partial charge in [0.25, 0.3) is 5.78 Å². The zero-order valence-electron chi connectivity index (χ0n) is 21.3. The average molecular weight is 509 g/mol. The molecule has 1 saturated heterocycles. The number of fused-ring (bicyclic) bond motifs is 2. The van der Waals surface area contributed by atoms with E-state index in [9.17, 15) is 14.7 Å². The number of carbonyl (C=O) groups excluding carboxylic acids is 2. The molecule has 6 rings (SSSR count). The fourth-order valence-electron chi connectivity index (χ4n) is 5.37. The van der Waals surface area contributed by atoms with Crippen molar-refractivity contribution in [3.63, 3.8) is 0 Å². The summed E-state index contributed by atoms with van der Waals surface area (Å²) in [6.07, 6.45) is 0.722. The molecule has 1 atom stereocenters. The van der Waals surface area contributed by atoms with Crippen LogP contribution < -0.4 is 14.5 Å². The standard InChI is InChI=1S/C30H28N4O4/c1-3-33(4-2)21-12-9-18(10-13-21)26-25(27(35)20-11-14-24-19(17-20)15-16-38-24)28(36)29(37)34(26)30-31-22-7-5-6-8-23(22)32-30/h5-14,17,26,35H,3-4,15-16H2,1-2H3,(H,31,32)/b27-25+. The molecule has 4 aromatic rings. The quantitative estimate of drug-likeness (QED) is 0.217. The molecule has 3 aromatic carbocycles. The Morgan fingerprint density at radius 2 is 1.84 bits per heavy atom. The van der Waals surface area contributed by atoms with Crippen molar-refractivity contribution in [1.82, 2.24) is 9.97 Å². The van der Waals surface area contributed by atoms with Gasteiger partial charge in [0.15, 0.2) is 0 Å². The zero-order chi connectivity index (χ0) is 26.4. The number of ketones is 1. The van der Waals surface area contributed by atoms with Gasteiger partial charge in [0.2, 0.25) is 5.95 Å². The number of amides is 1. The highest BCUT2D eigenvalue weighted by Crippen LogP contribution is 2.42. The highest BCUT2D eigenvalue weighted by Gasteiger charge is 2.48. The zero-order valence-corrected chi connectivity index (χ0v) is 21.3. The minimum Gasteiger partial charge on any atom is -0.507 e. The monoisotopic (exact) mass is 508 g/mol. The lowest BCUT2D eigenvalue weighted by Crippen LogP contribution is -2.30. The van der Waals surface area contributed by atoms with Gasteiger partial charge in [-0.1, -0.05) is 24.3 Å². The number of aliphatic hydroxyl groups excluding tert-OH is 1. The summed E-state index contributed by atoms with van der Waals surface area (Å²) in [5.41, 5.74) is 4.63. The fraction of sp³-hybridized carbons (Fsp3) is 0.233.